The molecule has 0 aliphatic carbocycles. The maximum atomic E-state index is 5.52. The van der Waals surface area contributed by atoms with Crippen molar-refractivity contribution in [1.82, 2.24) is 10.3 Å². The lowest BCUT2D eigenvalue weighted by atomic mass is 10.00. The molecule has 3 nitrogen and oxygen atoms in total. The fourth-order valence-corrected chi connectivity index (χ4v) is 2.42. The first-order chi connectivity index (χ1) is 8.33. The van der Waals surface area contributed by atoms with Crippen LogP contribution in [0.25, 0.3) is 11.3 Å². The van der Waals surface area contributed by atoms with Crippen molar-refractivity contribution in [3.8, 4) is 11.3 Å². The zero-order chi connectivity index (χ0) is 11.7. The normalized spacial score (nSPS) is 15.8. The van der Waals surface area contributed by atoms with E-state index < -0.39 is 0 Å². The maximum Gasteiger partial charge on any atom is 0.194 e. The molecule has 1 saturated heterocycles. The van der Waals surface area contributed by atoms with Gasteiger partial charge in [0.25, 0.3) is 0 Å². The summed E-state index contributed by atoms with van der Waals surface area (Å²) in [5.41, 5.74) is 1.98. The Hall–Kier alpha value is -1.13. The third-order valence-electron chi connectivity index (χ3n) is 3.03. The van der Waals surface area contributed by atoms with Crippen LogP contribution in [0.15, 0.2) is 39.4 Å². The molecule has 0 atom stereocenters. The van der Waals surface area contributed by atoms with Gasteiger partial charge < -0.3 is 9.73 Å². The van der Waals surface area contributed by atoms with Crippen LogP contribution < -0.4 is 5.32 Å². The second-order valence-electron chi connectivity index (χ2n) is 4.33. The smallest absolute Gasteiger partial charge is 0.194 e. The van der Waals surface area contributed by atoms with Crippen molar-refractivity contribution in [3.63, 3.8) is 0 Å². The number of aromatic nitrogens is 1. The molecule has 1 aliphatic rings. The van der Waals surface area contributed by atoms with Crippen molar-refractivity contribution < 1.29 is 4.42 Å². The van der Waals surface area contributed by atoms with Crippen molar-refractivity contribution >= 4 is 15.9 Å². The highest BCUT2D eigenvalue weighted by atomic mass is 79.9. The number of nitrogens with one attached hydrogen (secondary N) is 1. The van der Waals surface area contributed by atoms with Gasteiger partial charge in [0, 0.05) is 16.5 Å². The summed E-state index contributed by atoms with van der Waals surface area (Å²) in [6.45, 7) is 2.15. The minimum atomic E-state index is 0.681. The summed E-state index contributed by atoms with van der Waals surface area (Å²) in [5.74, 6) is 1.52. The van der Waals surface area contributed by atoms with Crippen LogP contribution in [0.5, 0.6) is 0 Å². The summed E-state index contributed by atoms with van der Waals surface area (Å²) < 4.78 is 6.57. The summed E-state index contributed by atoms with van der Waals surface area (Å²) in [6.07, 6.45) is 2.67. The van der Waals surface area contributed by atoms with Crippen molar-refractivity contribution in [1.29, 1.82) is 0 Å². The first kappa shape index (κ1) is 11.0. The first-order valence-electron chi connectivity index (χ1n) is 5.73. The Morgan fingerprint density at radius 3 is 2.88 bits per heavy atom. The number of nitrogens with zero attached hydrogens (tertiary/aromatic N) is 1. The summed E-state index contributed by atoms with van der Waals surface area (Å²) in [6, 6.07) is 8.05. The average molecular weight is 293 g/mol. The monoisotopic (exact) mass is 292 g/mol. The standard InChI is InChI=1S/C13H13BrN2O/c14-11-4-2-1-3-10(11)12-8-17-13(16-12)5-9-6-15-7-9/h1-4,8-9,15H,5-7H2. The lowest BCUT2D eigenvalue weighted by molar-refractivity contribution is 0.318. The molecule has 0 saturated carbocycles. The van der Waals surface area contributed by atoms with Gasteiger partial charge in [0.15, 0.2) is 5.89 Å². The molecule has 88 valence electrons. The van der Waals surface area contributed by atoms with Crippen LogP contribution >= 0.6 is 15.9 Å². The minimum Gasteiger partial charge on any atom is -0.448 e. The molecule has 1 aromatic carbocycles. The number of hydrogen-bond donors (Lipinski definition) is 1. The van der Waals surface area contributed by atoms with Gasteiger partial charge in [0.05, 0.1) is 0 Å². The Balaban J connectivity index is 1.82. The lowest BCUT2D eigenvalue weighted by Gasteiger charge is -2.25. The van der Waals surface area contributed by atoms with E-state index in [-0.39, 0.29) is 0 Å². The summed E-state index contributed by atoms with van der Waals surface area (Å²) in [7, 11) is 0. The third-order valence-corrected chi connectivity index (χ3v) is 3.72. The van der Waals surface area contributed by atoms with Gasteiger partial charge in [-0.15, -0.1) is 0 Å². The Morgan fingerprint density at radius 2 is 2.18 bits per heavy atom. The molecule has 0 radical (unpaired) electrons. The van der Waals surface area contributed by atoms with Crippen LogP contribution in [-0.4, -0.2) is 18.1 Å². The topological polar surface area (TPSA) is 38.1 Å². The second-order valence-corrected chi connectivity index (χ2v) is 5.19. The van der Waals surface area contributed by atoms with Gasteiger partial charge in [0.2, 0.25) is 0 Å². The number of hydrogen-bond acceptors (Lipinski definition) is 3. The molecule has 17 heavy (non-hydrogen) atoms. The van der Waals surface area contributed by atoms with E-state index in [1.54, 1.807) is 6.26 Å². The average Bonchev–Trinajstić information content (AvgIpc) is 2.73. The molecule has 2 aromatic rings. The van der Waals surface area contributed by atoms with Crippen LogP contribution in [0.1, 0.15) is 5.89 Å². The summed E-state index contributed by atoms with van der Waals surface area (Å²) >= 11 is 3.53. The molecule has 0 unspecified atom stereocenters. The second kappa shape index (κ2) is 4.63. The van der Waals surface area contributed by atoms with Gasteiger partial charge in [-0.2, -0.15) is 0 Å². The lowest BCUT2D eigenvalue weighted by Crippen LogP contribution is -2.43. The Labute approximate surface area is 108 Å². The molecule has 3 rings (SSSR count). The molecule has 1 aliphatic heterocycles. The van der Waals surface area contributed by atoms with Gasteiger partial charge in [0.1, 0.15) is 12.0 Å². The van der Waals surface area contributed by atoms with E-state index in [2.05, 4.69) is 26.2 Å². The van der Waals surface area contributed by atoms with Crippen molar-refractivity contribution in [3.05, 3.63) is 40.9 Å². The maximum absolute atomic E-state index is 5.52. The van der Waals surface area contributed by atoms with Crippen molar-refractivity contribution in [2.24, 2.45) is 5.92 Å². The number of rotatable bonds is 3. The van der Waals surface area contributed by atoms with E-state index in [1.165, 1.54) is 0 Å². The fraction of sp³-hybridized carbons (Fsp3) is 0.308. The highest BCUT2D eigenvalue weighted by molar-refractivity contribution is 9.10. The highest BCUT2D eigenvalue weighted by Crippen LogP contribution is 2.27. The van der Waals surface area contributed by atoms with Crippen molar-refractivity contribution in [2.45, 2.75) is 6.42 Å². The largest absolute Gasteiger partial charge is 0.448 e. The van der Waals surface area contributed by atoms with Gasteiger partial charge in [-0.1, -0.05) is 34.1 Å². The van der Waals surface area contributed by atoms with E-state index in [1.807, 2.05) is 24.3 Å². The third kappa shape index (κ3) is 2.28. The quantitative estimate of drug-likeness (QED) is 0.945. The van der Waals surface area contributed by atoms with Gasteiger partial charge in [-0.3, -0.25) is 0 Å². The molecular formula is C13H13BrN2O. The van der Waals surface area contributed by atoms with Gasteiger partial charge in [-0.05, 0) is 25.1 Å². The van der Waals surface area contributed by atoms with E-state index in [0.717, 1.165) is 41.1 Å². The Bertz CT molecular complexity index is 520. The van der Waals surface area contributed by atoms with Crippen LogP contribution in [0.3, 0.4) is 0 Å². The molecule has 1 fully saturated rings. The van der Waals surface area contributed by atoms with Gasteiger partial charge >= 0.3 is 0 Å². The molecule has 0 amide bonds. The van der Waals surface area contributed by atoms with Crippen LogP contribution in [0.4, 0.5) is 0 Å². The zero-order valence-electron chi connectivity index (χ0n) is 9.32. The summed E-state index contributed by atoms with van der Waals surface area (Å²) in [5, 5.41) is 3.25. The fourth-order valence-electron chi connectivity index (χ4n) is 1.94. The van der Waals surface area contributed by atoms with E-state index in [0.29, 0.717) is 5.92 Å². The molecule has 0 bridgehead atoms. The molecule has 0 spiro atoms. The summed E-state index contributed by atoms with van der Waals surface area (Å²) in [4.78, 5) is 4.54. The number of benzene rings is 1. The Morgan fingerprint density at radius 1 is 1.35 bits per heavy atom. The SMILES string of the molecule is Brc1ccccc1-c1coc(CC2CNC2)n1. The van der Waals surface area contributed by atoms with Crippen LogP contribution in [0.2, 0.25) is 0 Å². The molecule has 1 N–H and O–H groups in total. The minimum absolute atomic E-state index is 0.681. The molecule has 1 aromatic heterocycles. The van der Waals surface area contributed by atoms with Crippen LogP contribution in [-0.2, 0) is 6.42 Å². The van der Waals surface area contributed by atoms with Crippen LogP contribution in [0, 0.1) is 5.92 Å². The first-order valence-corrected chi connectivity index (χ1v) is 6.52. The highest BCUT2D eigenvalue weighted by Gasteiger charge is 2.20. The van der Waals surface area contributed by atoms with Gasteiger partial charge in [-0.25, -0.2) is 4.98 Å². The molecule has 4 heteroatoms. The van der Waals surface area contributed by atoms with Crippen molar-refractivity contribution in [2.75, 3.05) is 13.1 Å². The number of halogens is 1. The van der Waals surface area contributed by atoms with E-state index >= 15 is 0 Å². The predicted molar refractivity (Wildman–Crippen MR) is 69.7 cm³/mol. The van der Waals surface area contributed by atoms with E-state index in [9.17, 15) is 0 Å². The van der Waals surface area contributed by atoms with E-state index in [4.69, 9.17) is 4.42 Å². The number of oxazole rings is 1. The molecular weight excluding hydrogens is 280 g/mol. The predicted octanol–water partition coefficient (Wildman–Crippen LogP) is 2.87. The molecule has 2 heterocycles. The Kier molecular flexibility index (Phi) is 2.99. The zero-order valence-corrected chi connectivity index (χ0v) is 10.9.